The van der Waals surface area contributed by atoms with Crippen LogP contribution in [0.25, 0.3) is 0 Å². The molecule has 0 bridgehead atoms. The quantitative estimate of drug-likeness (QED) is 0.669. The lowest BCUT2D eigenvalue weighted by Gasteiger charge is -2.08. The molecule has 0 radical (unpaired) electrons. The van der Waals surface area contributed by atoms with Gasteiger partial charge in [0.15, 0.2) is 16.4 Å². The number of carbonyl (C=O) groups is 2. The van der Waals surface area contributed by atoms with Crippen molar-refractivity contribution in [3.05, 3.63) is 64.1 Å². The molecule has 8 heteroatoms. The molecule has 2 aromatic rings. The van der Waals surface area contributed by atoms with Crippen LogP contribution in [0.2, 0.25) is 0 Å². The Labute approximate surface area is 160 Å². The van der Waals surface area contributed by atoms with Crippen LogP contribution in [0.5, 0.6) is 0 Å². The highest BCUT2D eigenvalue weighted by molar-refractivity contribution is 9.10. The minimum Gasteiger partial charge on any atom is -0.455 e. The number of aryl methyl sites for hydroxylation is 1. The number of hydrogen-bond donors (Lipinski definition) is 1. The number of ether oxygens (including phenoxy) is 1. The molecular weight excluding hydrogens is 422 g/mol. The predicted molar refractivity (Wildman–Crippen MR) is 102 cm³/mol. The molecule has 1 N–H and O–H groups in total. The van der Waals surface area contributed by atoms with Crippen LogP contribution < -0.4 is 5.32 Å². The molecule has 0 unspecified atom stereocenters. The van der Waals surface area contributed by atoms with Crippen molar-refractivity contribution in [1.29, 1.82) is 0 Å². The van der Waals surface area contributed by atoms with E-state index >= 15 is 0 Å². The fraction of sp³-hybridized carbons (Fsp3) is 0.222. The molecule has 2 rings (SSSR count). The number of carbonyl (C=O) groups excluding carboxylic acids is 2. The number of benzene rings is 2. The Hall–Kier alpha value is -2.19. The Balaban J connectivity index is 1.81. The van der Waals surface area contributed by atoms with Crippen molar-refractivity contribution >= 4 is 43.3 Å². The van der Waals surface area contributed by atoms with E-state index in [4.69, 9.17) is 4.74 Å². The smallest absolute Gasteiger partial charge is 0.321 e. The summed E-state index contributed by atoms with van der Waals surface area (Å²) in [7, 11) is -3.69. The maximum atomic E-state index is 12.1. The Bertz CT molecular complexity index is 894. The van der Waals surface area contributed by atoms with Gasteiger partial charge in [-0.3, -0.25) is 9.59 Å². The van der Waals surface area contributed by atoms with Gasteiger partial charge in [0.25, 0.3) is 5.91 Å². The normalized spacial score (nSPS) is 11.0. The minimum atomic E-state index is -3.69. The molecular formula is C18H18BrNO5S. The molecule has 0 heterocycles. The first-order valence-corrected chi connectivity index (χ1v) is 10.3. The standard InChI is InChI=1S/C18H18BrNO5S/c1-13-5-7-16(8-6-13)20-17(21)10-25-18(22)12-26(23,24)11-14-3-2-4-15(19)9-14/h2-9H,10-12H2,1H3,(H,20,21). The summed E-state index contributed by atoms with van der Waals surface area (Å²) in [6.07, 6.45) is 0. The van der Waals surface area contributed by atoms with Gasteiger partial charge in [0.05, 0.1) is 5.75 Å². The van der Waals surface area contributed by atoms with Crippen molar-refractivity contribution in [3.63, 3.8) is 0 Å². The number of nitrogens with one attached hydrogen (secondary N) is 1. The van der Waals surface area contributed by atoms with Gasteiger partial charge in [0, 0.05) is 10.2 Å². The Morgan fingerprint density at radius 2 is 1.81 bits per heavy atom. The molecule has 2 aromatic carbocycles. The van der Waals surface area contributed by atoms with Crippen LogP contribution in [-0.4, -0.2) is 32.7 Å². The lowest BCUT2D eigenvalue weighted by molar-refractivity contribution is -0.144. The molecule has 0 spiro atoms. The number of rotatable bonds is 7. The predicted octanol–water partition coefficient (Wildman–Crippen LogP) is 2.85. The summed E-state index contributed by atoms with van der Waals surface area (Å²) in [6, 6.07) is 13.9. The molecule has 1 amide bonds. The molecule has 0 fully saturated rings. The van der Waals surface area contributed by atoms with Crippen LogP contribution >= 0.6 is 15.9 Å². The molecule has 0 aromatic heterocycles. The van der Waals surface area contributed by atoms with Crippen LogP contribution in [0.4, 0.5) is 5.69 Å². The van der Waals surface area contributed by atoms with Gasteiger partial charge in [-0.15, -0.1) is 0 Å². The number of amides is 1. The van der Waals surface area contributed by atoms with Gasteiger partial charge >= 0.3 is 5.97 Å². The second kappa shape index (κ2) is 8.95. The van der Waals surface area contributed by atoms with Gasteiger partial charge < -0.3 is 10.1 Å². The van der Waals surface area contributed by atoms with Gasteiger partial charge in [-0.2, -0.15) is 0 Å². The van der Waals surface area contributed by atoms with E-state index in [9.17, 15) is 18.0 Å². The Morgan fingerprint density at radius 3 is 2.46 bits per heavy atom. The number of esters is 1. The SMILES string of the molecule is Cc1ccc(NC(=O)COC(=O)CS(=O)(=O)Cc2cccc(Br)c2)cc1. The molecule has 26 heavy (non-hydrogen) atoms. The highest BCUT2D eigenvalue weighted by Crippen LogP contribution is 2.14. The van der Waals surface area contributed by atoms with Crippen LogP contribution in [-0.2, 0) is 29.9 Å². The van der Waals surface area contributed by atoms with Crippen molar-refractivity contribution in [1.82, 2.24) is 0 Å². The molecule has 138 valence electrons. The number of hydrogen-bond acceptors (Lipinski definition) is 5. The summed E-state index contributed by atoms with van der Waals surface area (Å²) in [5.74, 6) is -2.56. The van der Waals surface area contributed by atoms with Crippen molar-refractivity contribution in [3.8, 4) is 0 Å². The third-order valence-corrected chi connectivity index (χ3v) is 5.25. The molecule has 6 nitrogen and oxygen atoms in total. The molecule has 0 aliphatic heterocycles. The van der Waals surface area contributed by atoms with E-state index in [-0.39, 0.29) is 5.75 Å². The van der Waals surface area contributed by atoms with E-state index in [1.165, 1.54) is 0 Å². The molecule has 0 aliphatic carbocycles. The van der Waals surface area contributed by atoms with Crippen molar-refractivity contribution in [2.24, 2.45) is 0 Å². The minimum absolute atomic E-state index is 0.281. The van der Waals surface area contributed by atoms with E-state index in [2.05, 4.69) is 21.2 Å². The lowest BCUT2D eigenvalue weighted by atomic mass is 10.2. The number of anilines is 1. The van der Waals surface area contributed by atoms with Crippen LogP contribution in [0.3, 0.4) is 0 Å². The highest BCUT2D eigenvalue weighted by Gasteiger charge is 2.19. The van der Waals surface area contributed by atoms with Crippen molar-refractivity contribution in [2.45, 2.75) is 12.7 Å². The van der Waals surface area contributed by atoms with E-state index in [1.54, 1.807) is 36.4 Å². The third-order valence-electron chi connectivity index (χ3n) is 3.31. The molecule has 0 saturated heterocycles. The van der Waals surface area contributed by atoms with E-state index in [1.807, 2.05) is 19.1 Å². The zero-order chi connectivity index (χ0) is 19.2. The monoisotopic (exact) mass is 439 g/mol. The highest BCUT2D eigenvalue weighted by atomic mass is 79.9. The first-order valence-electron chi connectivity index (χ1n) is 7.70. The summed E-state index contributed by atoms with van der Waals surface area (Å²) in [6.45, 7) is 1.38. The van der Waals surface area contributed by atoms with E-state index in [0.717, 1.165) is 10.0 Å². The van der Waals surface area contributed by atoms with Crippen LogP contribution in [0.15, 0.2) is 53.0 Å². The summed E-state index contributed by atoms with van der Waals surface area (Å²) in [5.41, 5.74) is 2.17. The maximum absolute atomic E-state index is 12.1. The number of halogens is 1. The average Bonchev–Trinajstić information content (AvgIpc) is 2.54. The van der Waals surface area contributed by atoms with Crippen molar-refractivity contribution < 1.29 is 22.7 Å². The molecule has 0 aliphatic rings. The summed E-state index contributed by atoms with van der Waals surface area (Å²) in [5, 5.41) is 2.56. The van der Waals surface area contributed by atoms with E-state index < -0.39 is 34.1 Å². The van der Waals surface area contributed by atoms with Gasteiger partial charge in [-0.05, 0) is 36.8 Å². The van der Waals surface area contributed by atoms with Gasteiger partial charge in [-0.25, -0.2) is 8.42 Å². The fourth-order valence-corrected chi connectivity index (χ4v) is 3.81. The van der Waals surface area contributed by atoms with E-state index in [0.29, 0.717) is 11.3 Å². The first kappa shape index (κ1) is 20.1. The second-order valence-corrected chi connectivity index (χ2v) is 8.72. The van der Waals surface area contributed by atoms with Gasteiger partial charge in [0.1, 0.15) is 5.75 Å². The zero-order valence-corrected chi connectivity index (χ0v) is 16.5. The first-order chi connectivity index (χ1) is 12.2. The third kappa shape index (κ3) is 6.97. The summed E-state index contributed by atoms with van der Waals surface area (Å²) < 4.78 is 29.7. The average molecular weight is 440 g/mol. The fourth-order valence-electron chi connectivity index (χ4n) is 2.13. The zero-order valence-electron chi connectivity index (χ0n) is 14.1. The summed E-state index contributed by atoms with van der Waals surface area (Å²) in [4.78, 5) is 23.5. The van der Waals surface area contributed by atoms with Crippen LogP contribution in [0, 0.1) is 6.92 Å². The Morgan fingerprint density at radius 1 is 1.12 bits per heavy atom. The van der Waals surface area contributed by atoms with Crippen LogP contribution in [0.1, 0.15) is 11.1 Å². The second-order valence-electron chi connectivity index (χ2n) is 5.74. The van der Waals surface area contributed by atoms with Crippen molar-refractivity contribution in [2.75, 3.05) is 17.7 Å². The lowest BCUT2D eigenvalue weighted by Crippen LogP contribution is -2.25. The maximum Gasteiger partial charge on any atom is 0.321 e. The Kier molecular flexibility index (Phi) is 6.93. The largest absolute Gasteiger partial charge is 0.455 e. The van der Waals surface area contributed by atoms with Gasteiger partial charge in [-0.1, -0.05) is 45.8 Å². The molecule has 0 atom stereocenters. The molecule has 0 saturated carbocycles. The van der Waals surface area contributed by atoms with Gasteiger partial charge in [0.2, 0.25) is 0 Å². The summed E-state index contributed by atoms with van der Waals surface area (Å²) >= 11 is 3.26. The topological polar surface area (TPSA) is 89.5 Å². The number of sulfone groups is 1.